The van der Waals surface area contributed by atoms with Crippen LogP contribution in [0.4, 0.5) is 0 Å². The lowest BCUT2D eigenvalue weighted by molar-refractivity contribution is -0.135. The summed E-state index contributed by atoms with van der Waals surface area (Å²) >= 11 is 0. The molecule has 2 unspecified atom stereocenters. The van der Waals surface area contributed by atoms with Crippen LogP contribution in [0.1, 0.15) is 57.3 Å². The van der Waals surface area contributed by atoms with Crippen molar-refractivity contribution in [2.45, 2.75) is 63.1 Å². The van der Waals surface area contributed by atoms with Crippen LogP contribution >= 0.6 is 0 Å². The van der Waals surface area contributed by atoms with E-state index in [0.717, 1.165) is 25.7 Å². The Balaban J connectivity index is 1.51. The highest BCUT2D eigenvalue weighted by Gasteiger charge is 2.46. The zero-order valence-corrected chi connectivity index (χ0v) is 17.0. The third kappa shape index (κ3) is 4.08. The SMILES string of the molecule is CC1(C(=O)NC(CC(=O)NC2CCCC2)c2ccco2)CC(=O)N=C2C=CC=CN21. The molecule has 0 bridgehead atoms. The maximum Gasteiger partial charge on any atom is 0.250 e. The van der Waals surface area contributed by atoms with Crippen LogP contribution in [-0.2, 0) is 14.4 Å². The first-order valence-electron chi connectivity index (χ1n) is 10.4. The van der Waals surface area contributed by atoms with Gasteiger partial charge in [-0.15, -0.1) is 0 Å². The lowest BCUT2D eigenvalue weighted by Crippen LogP contribution is -2.60. The third-order valence-electron chi connectivity index (χ3n) is 5.90. The van der Waals surface area contributed by atoms with Crippen molar-refractivity contribution in [3.63, 3.8) is 0 Å². The summed E-state index contributed by atoms with van der Waals surface area (Å²) in [7, 11) is 0. The molecule has 0 saturated heterocycles. The quantitative estimate of drug-likeness (QED) is 0.749. The average molecular weight is 410 g/mol. The van der Waals surface area contributed by atoms with Crippen LogP contribution in [0, 0.1) is 0 Å². The summed E-state index contributed by atoms with van der Waals surface area (Å²) in [6, 6.07) is 3.02. The number of fused-ring (bicyclic) bond motifs is 1. The number of carbonyl (C=O) groups is 3. The summed E-state index contributed by atoms with van der Waals surface area (Å²) < 4.78 is 5.49. The van der Waals surface area contributed by atoms with Crippen molar-refractivity contribution in [1.82, 2.24) is 15.5 Å². The summed E-state index contributed by atoms with van der Waals surface area (Å²) in [5.41, 5.74) is -1.15. The van der Waals surface area contributed by atoms with Gasteiger partial charge in [0.05, 0.1) is 25.1 Å². The Morgan fingerprint density at radius 1 is 1.33 bits per heavy atom. The number of nitrogens with one attached hydrogen (secondary N) is 2. The summed E-state index contributed by atoms with van der Waals surface area (Å²) in [4.78, 5) is 43.9. The maximum atomic E-state index is 13.4. The monoisotopic (exact) mass is 410 g/mol. The van der Waals surface area contributed by atoms with Gasteiger partial charge in [0.1, 0.15) is 17.1 Å². The first kappa shape index (κ1) is 20.1. The minimum absolute atomic E-state index is 0.0559. The van der Waals surface area contributed by atoms with E-state index in [1.54, 1.807) is 48.4 Å². The number of nitrogens with zero attached hydrogens (tertiary/aromatic N) is 2. The van der Waals surface area contributed by atoms with E-state index >= 15 is 0 Å². The van der Waals surface area contributed by atoms with Gasteiger partial charge in [-0.3, -0.25) is 14.4 Å². The third-order valence-corrected chi connectivity index (χ3v) is 5.90. The van der Waals surface area contributed by atoms with E-state index in [2.05, 4.69) is 15.6 Å². The molecule has 1 aliphatic carbocycles. The van der Waals surface area contributed by atoms with Gasteiger partial charge in [-0.2, -0.15) is 4.99 Å². The standard InChI is InChI=1S/C22H26N4O4/c1-22(14-20(28)25-18-10-4-5-11-26(18)22)21(29)24-16(17-9-6-12-30-17)13-19(27)23-15-7-2-3-8-15/h4-6,9-12,15-16H,2-3,7-8,13-14H2,1H3,(H,23,27)(H,24,29). The fourth-order valence-electron chi connectivity index (χ4n) is 4.25. The topological polar surface area (TPSA) is 104 Å². The molecule has 0 radical (unpaired) electrons. The Morgan fingerprint density at radius 3 is 2.87 bits per heavy atom. The van der Waals surface area contributed by atoms with Gasteiger partial charge in [-0.1, -0.05) is 18.9 Å². The summed E-state index contributed by atoms with van der Waals surface area (Å²) in [6.07, 6.45) is 12.7. The van der Waals surface area contributed by atoms with E-state index in [-0.39, 0.29) is 36.6 Å². The number of aliphatic imine (C=N–C) groups is 1. The van der Waals surface area contributed by atoms with Crippen molar-refractivity contribution < 1.29 is 18.8 Å². The van der Waals surface area contributed by atoms with Crippen molar-refractivity contribution in [3.05, 3.63) is 48.6 Å². The molecule has 3 amide bonds. The average Bonchev–Trinajstić information content (AvgIpc) is 3.41. The van der Waals surface area contributed by atoms with E-state index in [4.69, 9.17) is 4.42 Å². The second-order valence-corrected chi connectivity index (χ2v) is 8.18. The first-order chi connectivity index (χ1) is 14.5. The molecule has 2 N–H and O–H groups in total. The normalized spacial score (nSPS) is 24.4. The Morgan fingerprint density at radius 2 is 2.13 bits per heavy atom. The Hall–Kier alpha value is -3.16. The predicted molar refractivity (Wildman–Crippen MR) is 110 cm³/mol. The van der Waals surface area contributed by atoms with Gasteiger partial charge in [-0.05, 0) is 44.1 Å². The highest BCUT2D eigenvalue weighted by Crippen LogP contribution is 2.30. The number of amidine groups is 1. The lowest BCUT2D eigenvalue weighted by Gasteiger charge is -2.42. The molecule has 158 valence electrons. The van der Waals surface area contributed by atoms with E-state index < -0.39 is 11.6 Å². The van der Waals surface area contributed by atoms with Crippen molar-refractivity contribution in [1.29, 1.82) is 0 Å². The molecule has 1 saturated carbocycles. The molecule has 3 aliphatic rings. The van der Waals surface area contributed by atoms with E-state index in [1.165, 1.54) is 6.26 Å². The maximum absolute atomic E-state index is 13.4. The van der Waals surface area contributed by atoms with Crippen LogP contribution in [0.5, 0.6) is 0 Å². The van der Waals surface area contributed by atoms with Crippen LogP contribution in [0.2, 0.25) is 0 Å². The predicted octanol–water partition coefficient (Wildman–Crippen LogP) is 2.36. The highest BCUT2D eigenvalue weighted by molar-refractivity contribution is 6.09. The van der Waals surface area contributed by atoms with Gasteiger partial charge in [-0.25, -0.2) is 0 Å². The molecule has 0 aromatic carbocycles. The molecular formula is C22H26N4O4. The number of allylic oxidation sites excluding steroid dienone is 2. The number of amides is 3. The molecule has 8 heteroatoms. The molecule has 0 spiro atoms. The van der Waals surface area contributed by atoms with E-state index in [9.17, 15) is 14.4 Å². The van der Waals surface area contributed by atoms with Gasteiger partial charge in [0, 0.05) is 12.2 Å². The molecule has 3 heterocycles. The molecule has 30 heavy (non-hydrogen) atoms. The zero-order chi connectivity index (χ0) is 21.1. The number of hydrogen-bond donors (Lipinski definition) is 2. The molecule has 4 rings (SSSR count). The summed E-state index contributed by atoms with van der Waals surface area (Å²) in [6.45, 7) is 1.70. The van der Waals surface area contributed by atoms with Crippen molar-refractivity contribution >= 4 is 23.6 Å². The second kappa shape index (κ2) is 8.30. The number of carbonyl (C=O) groups excluding carboxylic acids is 3. The van der Waals surface area contributed by atoms with Gasteiger partial charge < -0.3 is 20.0 Å². The summed E-state index contributed by atoms with van der Waals surface area (Å²) in [5.74, 6) is 0.0840. The van der Waals surface area contributed by atoms with Gasteiger partial charge in [0.25, 0.3) is 5.91 Å². The molecule has 2 aliphatic heterocycles. The van der Waals surface area contributed by atoms with Crippen molar-refractivity contribution in [2.75, 3.05) is 0 Å². The van der Waals surface area contributed by atoms with Crippen LogP contribution in [0.15, 0.2) is 52.2 Å². The second-order valence-electron chi connectivity index (χ2n) is 8.18. The molecule has 1 aromatic heterocycles. The van der Waals surface area contributed by atoms with Crippen molar-refractivity contribution in [2.24, 2.45) is 4.99 Å². The van der Waals surface area contributed by atoms with Gasteiger partial charge in [0.2, 0.25) is 11.8 Å². The zero-order valence-electron chi connectivity index (χ0n) is 17.0. The summed E-state index contributed by atoms with van der Waals surface area (Å²) in [5, 5.41) is 5.99. The minimum atomic E-state index is -1.15. The Bertz CT molecular complexity index is 912. The number of furan rings is 1. The molecule has 2 atom stereocenters. The molecule has 8 nitrogen and oxygen atoms in total. The molecule has 1 fully saturated rings. The first-order valence-corrected chi connectivity index (χ1v) is 10.4. The Labute approximate surface area is 175 Å². The largest absolute Gasteiger partial charge is 0.467 e. The smallest absolute Gasteiger partial charge is 0.250 e. The number of rotatable bonds is 6. The Kier molecular flexibility index (Phi) is 5.57. The number of hydrogen-bond acceptors (Lipinski definition) is 5. The van der Waals surface area contributed by atoms with Crippen molar-refractivity contribution in [3.8, 4) is 0 Å². The van der Waals surface area contributed by atoms with Gasteiger partial charge >= 0.3 is 0 Å². The van der Waals surface area contributed by atoms with Crippen LogP contribution < -0.4 is 10.6 Å². The molecule has 1 aromatic rings. The van der Waals surface area contributed by atoms with E-state index in [0.29, 0.717) is 11.6 Å². The van der Waals surface area contributed by atoms with Crippen LogP contribution in [-0.4, -0.2) is 40.0 Å². The molecular weight excluding hydrogens is 384 g/mol. The van der Waals surface area contributed by atoms with E-state index in [1.807, 2.05) is 0 Å². The minimum Gasteiger partial charge on any atom is -0.467 e. The fourth-order valence-corrected chi connectivity index (χ4v) is 4.25. The van der Waals surface area contributed by atoms with Crippen LogP contribution in [0.3, 0.4) is 0 Å². The van der Waals surface area contributed by atoms with Crippen LogP contribution in [0.25, 0.3) is 0 Å². The lowest BCUT2D eigenvalue weighted by atomic mass is 9.90. The highest BCUT2D eigenvalue weighted by atomic mass is 16.3. The van der Waals surface area contributed by atoms with Gasteiger partial charge in [0.15, 0.2) is 0 Å². The fraction of sp³-hybridized carbons (Fsp3) is 0.455.